The van der Waals surface area contributed by atoms with Crippen molar-refractivity contribution in [3.63, 3.8) is 0 Å². The Kier molecular flexibility index (Phi) is 6.59. The van der Waals surface area contributed by atoms with Crippen LogP contribution in [0.15, 0.2) is 44.7 Å². The maximum atomic E-state index is 13.1. The minimum atomic E-state index is -0.235. The minimum Gasteiger partial charge on any atom is -0.491 e. The lowest BCUT2D eigenvalue weighted by atomic mass is 10.2. The molecule has 3 aromatic rings. The van der Waals surface area contributed by atoms with E-state index in [0.29, 0.717) is 45.4 Å². The standard InChI is InChI=1S/C21H21BrClN3O3/c1-5-29-18-9-13(8-16(23)19(18)28-4)11-24-26-20(12(2)3)25-17-7-6-14(22)10-15(17)21(26)27/h6-12H,5H2,1-4H3. The first-order valence-corrected chi connectivity index (χ1v) is 10.3. The van der Waals surface area contributed by atoms with Crippen molar-refractivity contribution in [2.24, 2.45) is 5.10 Å². The molecule has 3 rings (SSSR count). The van der Waals surface area contributed by atoms with Crippen LogP contribution in [0.2, 0.25) is 5.02 Å². The van der Waals surface area contributed by atoms with Crippen molar-refractivity contribution in [3.05, 3.63) is 61.6 Å². The molecule has 0 saturated carbocycles. The molecule has 0 spiro atoms. The molecule has 29 heavy (non-hydrogen) atoms. The van der Waals surface area contributed by atoms with Gasteiger partial charge >= 0.3 is 0 Å². The molecule has 0 N–H and O–H groups in total. The van der Waals surface area contributed by atoms with Gasteiger partial charge in [-0.3, -0.25) is 4.79 Å². The van der Waals surface area contributed by atoms with Gasteiger partial charge in [0.15, 0.2) is 11.5 Å². The van der Waals surface area contributed by atoms with E-state index < -0.39 is 0 Å². The fourth-order valence-electron chi connectivity index (χ4n) is 2.90. The molecule has 1 aromatic heterocycles. The summed E-state index contributed by atoms with van der Waals surface area (Å²) in [6, 6.07) is 8.90. The maximum Gasteiger partial charge on any atom is 0.282 e. The van der Waals surface area contributed by atoms with Gasteiger partial charge < -0.3 is 9.47 Å². The zero-order valence-electron chi connectivity index (χ0n) is 16.6. The molecule has 0 aliphatic heterocycles. The molecular formula is C21H21BrClN3O3. The molecule has 8 heteroatoms. The summed E-state index contributed by atoms with van der Waals surface area (Å²) in [5.41, 5.74) is 1.08. The number of nitrogens with zero attached hydrogens (tertiary/aromatic N) is 3. The summed E-state index contributed by atoms with van der Waals surface area (Å²) < 4.78 is 13.0. The average Bonchev–Trinajstić information content (AvgIpc) is 2.67. The van der Waals surface area contributed by atoms with E-state index >= 15 is 0 Å². The number of ether oxygens (including phenoxy) is 2. The predicted octanol–water partition coefficient (Wildman–Crippen LogP) is 5.23. The highest BCUT2D eigenvalue weighted by molar-refractivity contribution is 9.10. The molecule has 6 nitrogen and oxygen atoms in total. The van der Waals surface area contributed by atoms with Gasteiger partial charge in [0.25, 0.3) is 5.56 Å². The molecule has 0 bridgehead atoms. The smallest absolute Gasteiger partial charge is 0.282 e. The number of benzene rings is 2. The van der Waals surface area contributed by atoms with E-state index in [9.17, 15) is 4.79 Å². The Hall–Kier alpha value is -2.38. The summed E-state index contributed by atoms with van der Waals surface area (Å²) >= 11 is 9.71. The van der Waals surface area contributed by atoms with Crippen molar-refractivity contribution in [2.45, 2.75) is 26.7 Å². The molecule has 0 aliphatic carbocycles. The van der Waals surface area contributed by atoms with Crippen molar-refractivity contribution in [3.8, 4) is 11.5 Å². The Bertz CT molecular complexity index is 1140. The van der Waals surface area contributed by atoms with Gasteiger partial charge in [-0.1, -0.05) is 41.4 Å². The van der Waals surface area contributed by atoms with E-state index in [-0.39, 0.29) is 11.5 Å². The summed E-state index contributed by atoms with van der Waals surface area (Å²) in [5, 5.41) is 5.31. The third-order valence-corrected chi connectivity index (χ3v) is 4.98. The number of hydrogen-bond acceptors (Lipinski definition) is 5. The van der Waals surface area contributed by atoms with Crippen LogP contribution in [0.1, 0.15) is 38.1 Å². The largest absolute Gasteiger partial charge is 0.491 e. The summed E-state index contributed by atoms with van der Waals surface area (Å²) in [6.07, 6.45) is 1.56. The van der Waals surface area contributed by atoms with Crippen LogP contribution in [-0.2, 0) is 0 Å². The summed E-state index contributed by atoms with van der Waals surface area (Å²) in [7, 11) is 1.53. The molecular weight excluding hydrogens is 458 g/mol. The van der Waals surface area contributed by atoms with Crippen LogP contribution in [0, 0.1) is 0 Å². The lowest BCUT2D eigenvalue weighted by Crippen LogP contribution is -2.23. The van der Waals surface area contributed by atoms with Crippen LogP contribution in [0.25, 0.3) is 10.9 Å². The molecule has 1 heterocycles. The lowest BCUT2D eigenvalue weighted by Gasteiger charge is -2.13. The molecule has 0 amide bonds. The molecule has 0 unspecified atom stereocenters. The predicted molar refractivity (Wildman–Crippen MR) is 120 cm³/mol. The van der Waals surface area contributed by atoms with Crippen LogP contribution in [-0.4, -0.2) is 29.6 Å². The Morgan fingerprint density at radius 2 is 2.07 bits per heavy atom. The van der Waals surface area contributed by atoms with Gasteiger partial charge in [-0.05, 0) is 42.8 Å². The third-order valence-electron chi connectivity index (χ3n) is 4.21. The zero-order chi connectivity index (χ0) is 21.1. The number of methoxy groups -OCH3 is 1. The Balaban J connectivity index is 2.14. The molecule has 0 fully saturated rings. The van der Waals surface area contributed by atoms with Gasteiger partial charge in [-0.15, -0.1) is 0 Å². The van der Waals surface area contributed by atoms with Gasteiger partial charge in [0.1, 0.15) is 5.82 Å². The van der Waals surface area contributed by atoms with Crippen molar-refractivity contribution in [2.75, 3.05) is 13.7 Å². The van der Waals surface area contributed by atoms with Crippen LogP contribution < -0.4 is 15.0 Å². The Morgan fingerprint density at radius 1 is 1.31 bits per heavy atom. The number of halogens is 2. The fraction of sp³-hybridized carbons (Fsp3) is 0.286. The van der Waals surface area contributed by atoms with Crippen LogP contribution in [0.4, 0.5) is 0 Å². The first kappa shape index (κ1) is 21.3. The van der Waals surface area contributed by atoms with Gasteiger partial charge in [-0.2, -0.15) is 9.78 Å². The second-order valence-electron chi connectivity index (χ2n) is 6.61. The highest BCUT2D eigenvalue weighted by Gasteiger charge is 2.14. The van der Waals surface area contributed by atoms with Crippen LogP contribution in [0.5, 0.6) is 11.5 Å². The molecule has 0 atom stereocenters. The number of rotatable bonds is 6. The second kappa shape index (κ2) is 8.97. The maximum absolute atomic E-state index is 13.1. The summed E-state index contributed by atoms with van der Waals surface area (Å²) in [4.78, 5) is 17.7. The van der Waals surface area contributed by atoms with Crippen molar-refractivity contribution in [1.29, 1.82) is 0 Å². The second-order valence-corrected chi connectivity index (χ2v) is 7.94. The normalized spacial score (nSPS) is 11.6. The molecule has 2 aromatic carbocycles. The first-order valence-electron chi connectivity index (χ1n) is 9.12. The lowest BCUT2D eigenvalue weighted by molar-refractivity contribution is 0.311. The molecule has 0 aliphatic rings. The quantitative estimate of drug-likeness (QED) is 0.455. The first-order chi connectivity index (χ1) is 13.8. The molecule has 0 saturated heterocycles. The van der Waals surface area contributed by atoms with E-state index in [0.717, 1.165) is 4.47 Å². The van der Waals surface area contributed by atoms with E-state index in [1.807, 2.05) is 32.9 Å². The van der Waals surface area contributed by atoms with E-state index in [4.69, 9.17) is 21.1 Å². The topological polar surface area (TPSA) is 65.7 Å². The number of hydrogen-bond donors (Lipinski definition) is 0. The molecule has 0 radical (unpaired) electrons. The average molecular weight is 479 g/mol. The SMILES string of the molecule is CCOc1cc(C=Nn2c(C(C)C)nc3ccc(Br)cc3c2=O)cc(Cl)c1OC. The van der Waals surface area contributed by atoms with Gasteiger partial charge in [0.2, 0.25) is 0 Å². The minimum absolute atomic E-state index is 0.00587. The number of aromatic nitrogens is 2. The van der Waals surface area contributed by atoms with Crippen molar-refractivity contribution < 1.29 is 9.47 Å². The Labute approximate surface area is 182 Å². The van der Waals surface area contributed by atoms with E-state index in [2.05, 4.69) is 26.0 Å². The van der Waals surface area contributed by atoms with E-state index in [1.54, 1.807) is 24.4 Å². The third kappa shape index (κ3) is 4.46. The highest BCUT2D eigenvalue weighted by atomic mass is 79.9. The van der Waals surface area contributed by atoms with Gasteiger partial charge in [0, 0.05) is 10.4 Å². The van der Waals surface area contributed by atoms with Gasteiger partial charge in [0.05, 0.1) is 35.9 Å². The summed E-state index contributed by atoms with van der Waals surface area (Å²) in [5.74, 6) is 1.56. The van der Waals surface area contributed by atoms with Gasteiger partial charge in [-0.25, -0.2) is 4.98 Å². The number of fused-ring (bicyclic) bond motifs is 1. The highest BCUT2D eigenvalue weighted by Crippen LogP contribution is 2.35. The zero-order valence-corrected chi connectivity index (χ0v) is 18.9. The fourth-order valence-corrected chi connectivity index (χ4v) is 3.56. The van der Waals surface area contributed by atoms with Crippen molar-refractivity contribution >= 4 is 44.6 Å². The molecule has 152 valence electrons. The van der Waals surface area contributed by atoms with Crippen LogP contribution in [0.3, 0.4) is 0 Å². The van der Waals surface area contributed by atoms with Crippen molar-refractivity contribution in [1.82, 2.24) is 9.66 Å². The van der Waals surface area contributed by atoms with E-state index in [1.165, 1.54) is 11.8 Å². The Morgan fingerprint density at radius 3 is 2.72 bits per heavy atom. The summed E-state index contributed by atoms with van der Waals surface area (Å²) in [6.45, 7) is 6.28. The monoisotopic (exact) mass is 477 g/mol. The van der Waals surface area contributed by atoms with Crippen LogP contribution >= 0.6 is 27.5 Å².